The SMILES string of the molecule is CCc1cccc(N/C(=N/O)c2nonc2N)c1. The molecule has 1 heterocycles. The summed E-state index contributed by atoms with van der Waals surface area (Å²) in [7, 11) is 0. The van der Waals surface area contributed by atoms with Gasteiger partial charge < -0.3 is 16.3 Å². The lowest BCUT2D eigenvalue weighted by atomic mass is 10.1. The van der Waals surface area contributed by atoms with E-state index in [0.29, 0.717) is 0 Å². The van der Waals surface area contributed by atoms with Crippen molar-refractivity contribution in [1.29, 1.82) is 0 Å². The van der Waals surface area contributed by atoms with Gasteiger partial charge in [0.2, 0.25) is 5.84 Å². The molecule has 7 nitrogen and oxygen atoms in total. The van der Waals surface area contributed by atoms with Crippen LogP contribution in [-0.4, -0.2) is 21.4 Å². The third kappa shape index (κ3) is 2.40. The molecule has 0 unspecified atom stereocenters. The molecule has 0 radical (unpaired) electrons. The van der Waals surface area contributed by atoms with Crippen molar-refractivity contribution in [3.05, 3.63) is 35.5 Å². The highest BCUT2D eigenvalue weighted by Gasteiger charge is 2.14. The summed E-state index contributed by atoms with van der Waals surface area (Å²) in [6, 6.07) is 7.69. The number of nitrogens with zero attached hydrogens (tertiary/aromatic N) is 3. The van der Waals surface area contributed by atoms with Crippen molar-refractivity contribution in [3.8, 4) is 0 Å². The Balaban J connectivity index is 2.24. The molecule has 18 heavy (non-hydrogen) atoms. The van der Waals surface area contributed by atoms with Crippen LogP contribution in [0, 0.1) is 0 Å². The zero-order chi connectivity index (χ0) is 13.0. The second-order valence-electron chi connectivity index (χ2n) is 3.63. The zero-order valence-corrected chi connectivity index (χ0v) is 9.79. The van der Waals surface area contributed by atoms with Crippen LogP contribution in [0.4, 0.5) is 11.5 Å². The molecule has 2 rings (SSSR count). The number of nitrogens with two attached hydrogens (primary N) is 1. The Kier molecular flexibility index (Phi) is 3.42. The van der Waals surface area contributed by atoms with Gasteiger partial charge in [-0.05, 0) is 34.4 Å². The summed E-state index contributed by atoms with van der Waals surface area (Å²) in [5.41, 5.74) is 7.62. The van der Waals surface area contributed by atoms with E-state index in [-0.39, 0.29) is 17.3 Å². The maximum Gasteiger partial charge on any atom is 0.203 e. The lowest BCUT2D eigenvalue weighted by Gasteiger charge is -2.07. The van der Waals surface area contributed by atoms with Crippen LogP contribution >= 0.6 is 0 Å². The fourth-order valence-electron chi connectivity index (χ4n) is 1.50. The first-order chi connectivity index (χ1) is 8.74. The Labute approximate surface area is 103 Å². The minimum Gasteiger partial charge on any atom is -0.409 e. The number of anilines is 2. The highest BCUT2D eigenvalue weighted by atomic mass is 16.6. The molecule has 0 amide bonds. The van der Waals surface area contributed by atoms with E-state index >= 15 is 0 Å². The summed E-state index contributed by atoms with van der Waals surface area (Å²) < 4.78 is 4.45. The maximum absolute atomic E-state index is 8.97. The highest BCUT2D eigenvalue weighted by Crippen LogP contribution is 2.14. The fraction of sp³-hybridized carbons (Fsp3) is 0.182. The van der Waals surface area contributed by atoms with E-state index in [2.05, 4.69) is 32.3 Å². The smallest absolute Gasteiger partial charge is 0.203 e. The number of amidine groups is 1. The third-order valence-electron chi connectivity index (χ3n) is 2.44. The Morgan fingerprint density at radius 2 is 2.33 bits per heavy atom. The first-order valence-corrected chi connectivity index (χ1v) is 5.41. The quantitative estimate of drug-likeness (QED) is 0.328. The van der Waals surface area contributed by atoms with Crippen LogP contribution < -0.4 is 11.1 Å². The van der Waals surface area contributed by atoms with Crippen LogP contribution in [0.2, 0.25) is 0 Å². The Morgan fingerprint density at radius 3 is 2.94 bits per heavy atom. The number of hydrogen-bond acceptors (Lipinski definition) is 6. The average Bonchev–Trinajstić information content (AvgIpc) is 2.82. The summed E-state index contributed by atoms with van der Waals surface area (Å²) >= 11 is 0. The fourth-order valence-corrected chi connectivity index (χ4v) is 1.50. The van der Waals surface area contributed by atoms with Crippen LogP contribution in [0.15, 0.2) is 34.1 Å². The number of benzene rings is 1. The Hall–Kier alpha value is -2.57. The van der Waals surface area contributed by atoms with E-state index in [9.17, 15) is 0 Å². The molecule has 1 aromatic carbocycles. The van der Waals surface area contributed by atoms with Crippen molar-refractivity contribution in [1.82, 2.24) is 10.3 Å². The first-order valence-electron chi connectivity index (χ1n) is 5.41. The van der Waals surface area contributed by atoms with Crippen molar-refractivity contribution in [2.75, 3.05) is 11.1 Å². The summed E-state index contributed by atoms with van der Waals surface area (Å²) in [6.45, 7) is 2.06. The van der Waals surface area contributed by atoms with Gasteiger partial charge in [-0.3, -0.25) is 0 Å². The first kappa shape index (κ1) is 11.9. The molecule has 0 atom stereocenters. The summed E-state index contributed by atoms with van der Waals surface area (Å²) in [4.78, 5) is 0. The van der Waals surface area contributed by atoms with Crippen molar-refractivity contribution in [2.24, 2.45) is 5.16 Å². The van der Waals surface area contributed by atoms with Gasteiger partial charge in [0.25, 0.3) is 0 Å². The lowest BCUT2D eigenvalue weighted by molar-refractivity contribution is 0.305. The van der Waals surface area contributed by atoms with E-state index in [4.69, 9.17) is 10.9 Å². The van der Waals surface area contributed by atoms with Gasteiger partial charge in [-0.1, -0.05) is 24.2 Å². The number of nitrogens with one attached hydrogen (secondary N) is 1. The van der Waals surface area contributed by atoms with Gasteiger partial charge in [-0.2, -0.15) is 0 Å². The largest absolute Gasteiger partial charge is 0.409 e. The number of hydrogen-bond donors (Lipinski definition) is 3. The van der Waals surface area contributed by atoms with Crippen LogP contribution in [0.5, 0.6) is 0 Å². The Morgan fingerprint density at radius 1 is 1.50 bits per heavy atom. The van der Waals surface area contributed by atoms with E-state index < -0.39 is 0 Å². The van der Waals surface area contributed by atoms with Gasteiger partial charge in [0, 0.05) is 5.69 Å². The summed E-state index contributed by atoms with van der Waals surface area (Å²) in [5, 5.41) is 22.0. The topological polar surface area (TPSA) is 110 Å². The predicted octanol–water partition coefficient (Wildman–Crippen LogP) is 1.46. The molecular weight excluding hydrogens is 234 g/mol. The molecule has 2 aromatic rings. The van der Waals surface area contributed by atoms with Gasteiger partial charge in [0.1, 0.15) is 0 Å². The highest BCUT2D eigenvalue weighted by molar-refractivity contribution is 6.09. The van der Waals surface area contributed by atoms with Crippen molar-refractivity contribution in [3.63, 3.8) is 0 Å². The molecule has 7 heteroatoms. The summed E-state index contributed by atoms with van der Waals surface area (Å²) in [5.74, 6) is 0.143. The number of aromatic nitrogens is 2. The molecule has 94 valence electrons. The normalized spacial score (nSPS) is 11.5. The third-order valence-corrected chi connectivity index (χ3v) is 2.44. The molecule has 0 spiro atoms. The van der Waals surface area contributed by atoms with E-state index in [1.807, 2.05) is 24.3 Å². The number of nitrogen functional groups attached to an aromatic ring is 1. The van der Waals surface area contributed by atoms with Gasteiger partial charge in [-0.25, -0.2) is 4.63 Å². The number of aryl methyl sites for hydroxylation is 1. The molecule has 0 aliphatic heterocycles. The summed E-state index contributed by atoms with van der Waals surface area (Å²) in [6.07, 6.45) is 0.911. The van der Waals surface area contributed by atoms with Crippen molar-refractivity contribution >= 4 is 17.3 Å². The molecule has 0 saturated heterocycles. The molecule has 0 aliphatic rings. The van der Waals surface area contributed by atoms with Crippen LogP contribution in [0.1, 0.15) is 18.2 Å². The minimum absolute atomic E-state index is 0.0574. The van der Waals surface area contributed by atoms with Gasteiger partial charge in [0.15, 0.2) is 11.5 Å². The van der Waals surface area contributed by atoms with Crippen molar-refractivity contribution < 1.29 is 9.84 Å². The predicted molar refractivity (Wildman–Crippen MR) is 66.5 cm³/mol. The molecule has 0 saturated carbocycles. The Bertz CT molecular complexity index is 564. The van der Waals surface area contributed by atoms with Crippen molar-refractivity contribution in [2.45, 2.75) is 13.3 Å². The molecule has 4 N–H and O–H groups in total. The average molecular weight is 247 g/mol. The molecule has 1 aromatic heterocycles. The maximum atomic E-state index is 8.97. The van der Waals surface area contributed by atoms with Crippen LogP contribution in [-0.2, 0) is 6.42 Å². The van der Waals surface area contributed by atoms with E-state index in [1.54, 1.807) is 0 Å². The van der Waals surface area contributed by atoms with E-state index in [0.717, 1.165) is 17.7 Å². The van der Waals surface area contributed by atoms with E-state index in [1.165, 1.54) is 0 Å². The molecular formula is C11H13N5O2. The monoisotopic (exact) mass is 247 g/mol. The lowest BCUT2D eigenvalue weighted by Crippen LogP contribution is -2.16. The molecule has 0 aliphatic carbocycles. The van der Waals surface area contributed by atoms with Gasteiger partial charge in [-0.15, -0.1) is 0 Å². The standard InChI is InChI=1S/C11H13N5O2/c1-2-7-4-3-5-8(6-7)13-11(14-17)9-10(12)16-18-15-9/h3-6,17H,2H2,1H3,(H2,12,16)(H,13,14). The van der Waals surface area contributed by atoms with Crippen LogP contribution in [0.3, 0.4) is 0 Å². The second-order valence-corrected chi connectivity index (χ2v) is 3.63. The van der Waals surface area contributed by atoms with Gasteiger partial charge >= 0.3 is 0 Å². The van der Waals surface area contributed by atoms with Crippen LogP contribution in [0.25, 0.3) is 0 Å². The van der Waals surface area contributed by atoms with Gasteiger partial charge in [0.05, 0.1) is 0 Å². The molecule has 0 fully saturated rings. The number of oxime groups is 1. The minimum atomic E-state index is 0.0574. The second kappa shape index (κ2) is 5.17. The number of rotatable bonds is 3. The molecule has 0 bridgehead atoms. The zero-order valence-electron chi connectivity index (χ0n) is 9.79.